The minimum absolute atomic E-state index is 0. The zero-order valence-corrected chi connectivity index (χ0v) is 22.6. The Labute approximate surface area is 210 Å². The summed E-state index contributed by atoms with van der Waals surface area (Å²) >= 11 is 0. The molecule has 1 aromatic carbocycles. The lowest BCUT2D eigenvalue weighted by Gasteiger charge is -2.36. The second-order valence-electron chi connectivity index (χ2n) is 8.80. The van der Waals surface area contributed by atoms with Crippen LogP contribution in [0.15, 0.2) is 29.3 Å². The van der Waals surface area contributed by atoms with Crippen molar-refractivity contribution in [2.75, 3.05) is 64.4 Å². The van der Waals surface area contributed by atoms with E-state index in [1.165, 1.54) is 5.69 Å². The van der Waals surface area contributed by atoms with Crippen LogP contribution in [0.2, 0.25) is 0 Å². The topological polar surface area (TPSA) is 81.2 Å². The van der Waals surface area contributed by atoms with Crippen LogP contribution in [0, 0.1) is 0 Å². The van der Waals surface area contributed by atoms with Gasteiger partial charge in [0.15, 0.2) is 5.96 Å². The number of hydrogen-bond donors (Lipinski definition) is 3. The summed E-state index contributed by atoms with van der Waals surface area (Å²) in [5.74, 6) is 1.51. The number of carbonyl (C=O) groups is 1. The molecule has 9 heteroatoms. The average molecular weight is 561 g/mol. The molecule has 0 atom stereocenters. The molecule has 0 unspecified atom stereocenters. The Hall–Kier alpha value is -1.75. The molecular weight excluding hydrogens is 519 g/mol. The number of methoxy groups -OCH3 is 1. The molecule has 1 aromatic rings. The number of benzene rings is 1. The van der Waals surface area contributed by atoms with Crippen LogP contribution in [0.1, 0.15) is 34.1 Å². The van der Waals surface area contributed by atoms with Gasteiger partial charge in [-0.15, -0.1) is 24.0 Å². The Morgan fingerprint density at radius 2 is 1.75 bits per heavy atom. The van der Waals surface area contributed by atoms with E-state index in [9.17, 15) is 4.79 Å². The highest BCUT2D eigenvalue weighted by Crippen LogP contribution is 2.20. The number of aliphatic imine (C=N–C) groups is 1. The van der Waals surface area contributed by atoms with E-state index in [0.717, 1.165) is 58.0 Å². The molecule has 0 aromatic heterocycles. The predicted molar refractivity (Wildman–Crippen MR) is 144 cm³/mol. The fourth-order valence-corrected chi connectivity index (χ4v) is 3.48. The Bertz CT molecular complexity index is 697. The predicted octanol–water partition coefficient (Wildman–Crippen LogP) is 2.30. The van der Waals surface area contributed by atoms with E-state index in [4.69, 9.17) is 4.74 Å². The van der Waals surface area contributed by atoms with E-state index in [1.54, 1.807) is 7.11 Å². The Morgan fingerprint density at radius 3 is 2.31 bits per heavy atom. The summed E-state index contributed by atoms with van der Waals surface area (Å²) < 4.78 is 5.24. The highest BCUT2D eigenvalue weighted by molar-refractivity contribution is 14.0. The van der Waals surface area contributed by atoms with Crippen molar-refractivity contribution in [2.24, 2.45) is 4.99 Å². The van der Waals surface area contributed by atoms with E-state index >= 15 is 0 Å². The molecule has 0 saturated carbocycles. The zero-order chi connectivity index (χ0) is 22.7. The van der Waals surface area contributed by atoms with Crippen molar-refractivity contribution in [3.63, 3.8) is 0 Å². The first-order valence-electron chi connectivity index (χ1n) is 11.3. The first-order chi connectivity index (χ1) is 14.8. The number of nitrogens with one attached hydrogen (secondary N) is 3. The maximum Gasteiger partial charge on any atom is 0.242 e. The summed E-state index contributed by atoms with van der Waals surface area (Å²) in [5.41, 5.74) is 1.01. The van der Waals surface area contributed by atoms with Gasteiger partial charge in [-0.2, -0.15) is 0 Å². The molecule has 0 spiro atoms. The largest absolute Gasteiger partial charge is 0.497 e. The van der Waals surface area contributed by atoms with Crippen LogP contribution in [0.5, 0.6) is 5.75 Å². The van der Waals surface area contributed by atoms with Crippen molar-refractivity contribution >= 4 is 41.5 Å². The normalized spacial score (nSPS) is 15.0. The maximum atomic E-state index is 12.0. The third kappa shape index (κ3) is 10.7. The fourth-order valence-electron chi connectivity index (χ4n) is 3.48. The van der Waals surface area contributed by atoms with Crippen molar-refractivity contribution in [3.8, 4) is 5.75 Å². The SMILES string of the molecule is CCNC(=NCC(=O)NC(C)(C)C)NCCCN1CCN(c2ccc(OC)cc2)CC1.I. The summed E-state index contributed by atoms with van der Waals surface area (Å²) in [4.78, 5) is 21.3. The second-order valence-corrected chi connectivity index (χ2v) is 8.80. The molecule has 1 heterocycles. The summed E-state index contributed by atoms with van der Waals surface area (Å²) in [6, 6.07) is 8.29. The monoisotopic (exact) mass is 560 g/mol. The second kappa shape index (κ2) is 14.4. The molecule has 0 radical (unpaired) electrons. The lowest BCUT2D eigenvalue weighted by Crippen LogP contribution is -2.47. The van der Waals surface area contributed by atoms with Crippen LogP contribution >= 0.6 is 24.0 Å². The summed E-state index contributed by atoms with van der Waals surface area (Å²) in [6.45, 7) is 14.9. The van der Waals surface area contributed by atoms with E-state index in [2.05, 4.69) is 42.9 Å². The lowest BCUT2D eigenvalue weighted by atomic mass is 10.1. The van der Waals surface area contributed by atoms with Gasteiger partial charge in [-0.25, -0.2) is 4.99 Å². The molecule has 0 bridgehead atoms. The number of hydrogen-bond acceptors (Lipinski definition) is 5. The van der Waals surface area contributed by atoms with Crippen molar-refractivity contribution in [3.05, 3.63) is 24.3 Å². The number of anilines is 1. The number of piperazine rings is 1. The van der Waals surface area contributed by atoms with E-state index < -0.39 is 0 Å². The van der Waals surface area contributed by atoms with Gasteiger partial charge in [0.25, 0.3) is 0 Å². The van der Waals surface area contributed by atoms with Gasteiger partial charge < -0.3 is 25.6 Å². The highest BCUT2D eigenvalue weighted by Gasteiger charge is 2.17. The maximum absolute atomic E-state index is 12.0. The van der Waals surface area contributed by atoms with Gasteiger partial charge in [0.1, 0.15) is 12.3 Å². The van der Waals surface area contributed by atoms with Gasteiger partial charge in [-0.1, -0.05) is 0 Å². The van der Waals surface area contributed by atoms with E-state index in [0.29, 0.717) is 5.96 Å². The number of carbonyl (C=O) groups excluding carboxylic acids is 1. The standard InChI is InChI=1S/C23H40N6O2.HI/c1-6-24-22(26-18-21(30)27-23(2,3)4)25-12-7-13-28-14-16-29(17-15-28)19-8-10-20(31-5)11-9-19;/h8-11H,6-7,12-18H2,1-5H3,(H,27,30)(H2,24,25,26);1H. The van der Waals surface area contributed by atoms with Crippen molar-refractivity contribution in [2.45, 2.75) is 39.7 Å². The quantitative estimate of drug-likeness (QED) is 0.186. The molecule has 1 aliphatic heterocycles. The van der Waals surface area contributed by atoms with Crippen LogP contribution in [-0.4, -0.2) is 81.8 Å². The Kier molecular flexibility index (Phi) is 12.7. The molecule has 1 aliphatic rings. The van der Waals surface area contributed by atoms with E-state index in [-0.39, 0.29) is 42.0 Å². The van der Waals surface area contributed by atoms with Gasteiger partial charge in [0.05, 0.1) is 7.11 Å². The summed E-state index contributed by atoms with van der Waals surface area (Å²) in [6.07, 6.45) is 1.03. The number of guanidine groups is 1. The molecule has 182 valence electrons. The fraction of sp³-hybridized carbons (Fsp3) is 0.652. The van der Waals surface area contributed by atoms with Crippen LogP contribution in [0.4, 0.5) is 5.69 Å². The number of ether oxygens (including phenoxy) is 1. The molecule has 8 nitrogen and oxygen atoms in total. The van der Waals surface area contributed by atoms with Gasteiger partial charge in [0, 0.05) is 50.5 Å². The minimum atomic E-state index is -0.240. The molecule has 0 aliphatic carbocycles. The smallest absolute Gasteiger partial charge is 0.242 e. The van der Waals surface area contributed by atoms with Gasteiger partial charge >= 0.3 is 0 Å². The number of rotatable bonds is 9. The van der Waals surface area contributed by atoms with Crippen molar-refractivity contribution < 1.29 is 9.53 Å². The Balaban J connectivity index is 0.00000512. The molecule has 2 rings (SSSR count). The zero-order valence-electron chi connectivity index (χ0n) is 20.2. The Morgan fingerprint density at radius 1 is 1.09 bits per heavy atom. The van der Waals surface area contributed by atoms with Crippen LogP contribution in [0.3, 0.4) is 0 Å². The number of halogens is 1. The first kappa shape index (κ1) is 28.3. The van der Waals surface area contributed by atoms with Crippen LogP contribution < -0.4 is 25.6 Å². The van der Waals surface area contributed by atoms with Gasteiger partial charge in [-0.05, 0) is 64.9 Å². The molecule has 1 amide bonds. The lowest BCUT2D eigenvalue weighted by molar-refractivity contribution is -0.121. The van der Waals surface area contributed by atoms with E-state index in [1.807, 2.05) is 39.8 Å². The van der Waals surface area contributed by atoms with Crippen LogP contribution in [0.25, 0.3) is 0 Å². The summed E-state index contributed by atoms with van der Waals surface area (Å²) in [7, 11) is 1.69. The summed E-state index contributed by atoms with van der Waals surface area (Å²) in [5, 5.41) is 9.46. The molecule has 1 saturated heterocycles. The van der Waals surface area contributed by atoms with Crippen molar-refractivity contribution in [1.82, 2.24) is 20.9 Å². The molecular formula is C23H41IN6O2. The molecule has 32 heavy (non-hydrogen) atoms. The average Bonchev–Trinajstić information content (AvgIpc) is 2.74. The minimum Gasteiger partial charge on any atom is -0.497 e. The van der Waals surface area contributed by atoms with Crippen LogP contribution in [-0.2, 0) is 4.79 Å². The third-order valence-corrected chi connectivity index (χ3v) is 4.99. The van der Waals surface area contributed by atoms with Crippen molar-refractivity contribution in [1.29, 1.82) is 0 Å². The molecule has 3 N–H and O–H groups in total. The van der Waals surface area contributed by atoms with Gasteiger partial charge in [0.2, 0.25) is 5.91 Å². The van der Waals surface area contributed by atoms with Gasteiger partial charge in [-0.3, -0.25) is 9.69 Å². The third-order valence-electron chi connectivity index (χ3n) is 4.99. The number of nitrogens with zero attached hydrogens (tertiary/aromatic N) is 3. The first-order valence-corrected chi connectivity index (χ1v) is 11.3. The highest BCUT2D eigenvalue weighted by atomic mass is 127. The number of amides is 1. The molecule has 1 fully saturated rings.